The summed E-state index contributed by atoms with van der Waals surface area (Å²) < 4.78 is 46.6. The van der Waals surface area contributed by atoms with Crippen LogP contribution < -0.4 is 10.9 Å². The zero-order valence-corrected chi connectivity index (χ0v) is 21.6. The molecular formula is C21H40BN5O6S. The van der Waals surface area contributed by atoms with Crippen LogP contribution in [0, 0.1) is 0 Å². The van der Waals surface area contributed by atoms with Crippen LogP contribution in [0.25, 0.3) is 0 Å². The van der Waals surface area contributed by atoms with E-state index in [9.17, 15) is 8.42 Å². The van der Waals surface area contributed by atoms with Gasteiger partial charge < -0.3 is 24.3 Å². The highest BCUT2D eigenvalue weighted by Gasteiger charge is 2.34. The van der Waals surface area contributed by atoms with Crippen molar-refractivity contribution in [1.82, 2.24) is 25.2 Å². The molecule has 2 rings (SSSR count). The molecule has 1 fully saturated rings. The number of nitrogens with one attached hydrogen (secondary N) is 1. The van der Waals surface area contributed by atoms with Gasteiger partial charge >= 0.3 is 0 Å². The van der Waals surface area contributed by atoms with Crippen LogP contribution >= 0.6 is 0 Å². The predicted octanol–water partition coefficient (Wildman–Crippen LogP) is -1.24. The zero-order valence-electron chi connectivity index (χ0n) is 20.8. The summed E-state index contributed by atoms with van der Waals surface area (Å²) in [7, 11) is 3.12. The maximum absolute atomic E-state index is 11.5. The molecule has 1 saturated heterocycles. The van der Waals surface area contributed by atoms with Gasteiger partial charge in [0.1, 0.15) is 7.85 Å². The van der Waals surface area contributed by atoms with Gasteiger partial charge in [-0.25, -0.2) is 8.42 Å². The fourth-order valence-corrected chi connectivity index (χ4v) is 4.17. The van der Waals surface area contributed by atoms with Gasteiger partial charge in [-0.2, -0.15) is 0 Å². The lowest BCUT2D eigenvalue weighted by Crippen LogP contribution is -2.54. The Morgan fingerprint density at radius 3 is 2.15 bits per heavy atom. The van der Waals surface area contributed by atoms with Gasteiger partial charge in [0.05, 0.1) is 70.3 Å². The minimum atomic E-state index is -2.99. The maximum Gasteiger partial charge on any atom is 0.152 e. The van der Waals surface area contributed by atoms with Gasteiger partial charge in [0.15, 0.2) is 9.84 Å². The van der Waals surface area contributed by atoms with Gasteiger partial charge in [0, 0.05) is 44.1 Å². The molecule has 1 aromatic rings. The van der Waals surface area contributed by atoms with Gasteiger partial charge in [-0.3, -0.25) is 9.58 Å². The van der Waals surface area contributed by atoms with Crippen molar-refractivity contribution >= 4 is 23.3 Å². The minimum absolute atomic E-state index is 0.299. The van der Waals surface area contributed by atoms with Crippen molar-refractivity contribution in [3.8, 4) is 0 Å². The molecule has 2 heterocycles. The largest absolute Gasteiger partial charge is 0.378 e. The SMILES string of the molecule is [B]c1c(CN2CC(S(C)(=O)=O)C2)nnn1CCOCCOCCOCCOCCNC(C)CC. The fourth-order valence-electron chi connectivity index (χ4n) is 3.20. The molecule has 0 saturated carbocycles. The van der Waals surface area contributed by atoms with Crippen LogP contribution in [0.15, 0.2) is 0 Å². The molecule has 1 aliphatic heterocycles. The van der Waals surface area contributed by atoms with Gasteiger partial charge in [0.25, 0.3) is 0 Å². The van der Waals surface area contributed by atoms with E-state index in [0.29, 0.717) is 96.4 Å². The highest BCUT2D eigenvalue weighted by atomic mass is 32.2. The highest BCUT2D eigenvalue weighted by molar-refractivity contribution is 7.91. The molecule has 2 radical (unpaired) electrons. The predicted molar refractivity (Wildman–Crippen MR) is 130 cm³/mol. The average Bonchev–Trinajstić information content (AvgIpc) is 3.11. The van der Waals surface area contributed by atoms with E-state index in [0.717, 1.165) is 13.0 Å². The molecule has 1 aliphatic rings. The standard InChI is InChI=1S/C21H40BN5O6S/c1-4-18(2)23-5-7-30-9-11-32-13-14-33-12-10-31-8-6-27-21(22)20(24-25-27)17-26-15-19(16-26)34(3,28)29/h18-19,23H,4-17H2,1-3H3. The molecule has 0 aromatic carbocycles. The number of hydrogen-bond acceptors (Lipinski definition) is 10. The Morgan fingerprint density at radius 2 is 1.59 bits per heavy atom. The van der Waals surface area contributed by atoms with E-state index in [1.54, 1.807) is 4.68 Å². The Morgan fingerprint density at radius 1 is 1.03 bits per heavy atom. The number of ether oxygens (including phenoxy) is 4. The average molecular weight is 501 g/mol. The second-order valence-electron chi connectivity index (χ2n) is 8.50. The molecule has 0 aliphatic carbocycles. The van der Waals surface area contributed by atoms with E-state index >= 15 is 0 Å². The lowest BCUT2D eigenvalue weighted by atomic mass is 10.0. The van der Waals surface area contributed by atoms with Crippen molar-refractivity contribution in [3.63, 3.8) is 0 Å². The third-order valence-corrected chi connectivity index (χ3v) is 7.17. The van der Waals surface area contributed by atoms with Crippen LogP contribution in [-0.4, -0.2) is 126 Å². The molecule has 1 unspecified atom stereocenters. The first-order valence-electron chi connectivity index (χ1n) is 11.9. The minimum Gasteiger partial charge on any atom is -0.378 e. The molecule has 1 atom stereocenters. The van der Waals surface area contributed by atoms with Crippen molar-refractivity contribution in [2.75, 3.05) is 78.7 Å². The first-order valence-corrected chi connectivity index (χ1v) is 13.9. The Balaban J connectivity index is 1.40. The smallest absolute Gasteiger partial charge is 0.152 e. The first-order chi connectivity index (χ1) is 16.3. The van der Waals surface area contributed by atoms with Crippen molar-refractivity contribution in [3.05, 3.63) is 5.69 Å². The summed E-state index contributed by atoms with van der Waals surface area (Å²) in [6, 6.07) is 0.523. The monoisotopic (exact) mass is 501 g/mol. The lowest BCUT2D eigenvalue weighted by Gasteiger charge is -2.37. The third kappa shape index (κ3) is 11.1. The summed E-state index contributed by atoms with van der Waals surface area (Å²) in [5, 5.41) is 11.2. The van der Waals surface area contributed by atoms with Gasteiger partial charge in [-0.05, 0) is 13.3 Å². The van der Waals surface area contributed by atoms with E-state index in [-0.39, 0.29) is 5.25 Å². The van der Waals surface area contributed by atoms with E-state index in [4.69, 9.17) is 26.8 Å². The Hall–Kier alpha value is -1.09. The van der Waals surface area contributed by atoms with Crippen molar-refractivity contribution < 1.29 is 27.4 Å². The molecule has 1 N–H and O–H groups in total. The summed E-state index contributed by atoms with van der Waals surface area (Å²) in [5.74, 6) is 0. The fraction of sp³-hybridized carbons (Fsp3) is 0.905. The molecule has 0 amide bonds. The van der Waals surface area contributed by atoms with Gasteiger partial charge in [-0.1, -0.05) is 12.1 Å². The number of likely N-dealkylation sites (tertiary alicyclic amines) is 1. The Kier molecular flexibility index (Phi) is 13.6. The Labute approximate surface area is 205 Å². The quantitative estimate of drug-likeness (QED) is 0.172. The van der Waals surface area contributed by atoms with Crippen LogP contribution in [0.1, 0.15) is 26.0 Å². The summed E-state index contributed by atoms with van der Waals surface area (Å²) in [5.41, 5.74) is 1.14. The van der Waals surface area contributed by atoms with E-state index in [1.165, 1.54) is 6.26 Å². The summed E-state index contributed by atoms with van der Waals surface area (Å²) in [6.07, 6.45) is 2.38. The molecular weight excluding hydrogens is 461 g/mol. The molecule has 0 bridgehead atoms. The van der Waals surface area contributed by atoms with Crippen molar-refractivity contribution in [2.45, 2.75) is 44.6 Å². The summed E-state index contributed by atoms with van der Waals surface area (Å²) >= 11 is 0. The number of aromatic nitrogens is 3. The van der Waals surface area contributed by atoms with Gasteiger partial charge in [-0.15, -0.1) is 5.10 Å². The topological polar surface area (TPSA) is 117 Å². The number of rotatable bonds is 20. The number of hydrogen-bond donors (Lipinski definition) is 1. The Bertz CT molecular complexity index is 791. The highest BCUT2D eigenvalue weighted by Crippen LogP contribution is 2.17. The second-order valence-corrected chi connectivity index (χ2v) is 10.8. The number of nitrogens with zero attached hydrogens (tertiary/aromatic N) is 4. The third-order valence-electron chi connectivity index (χ3n) is 5.66. The van der Waals surface area contributed by atoms with Gasteiger partial charge in [0.2, 0.25) is 0 Å². The van der Waals surface area contributed by atoms with Crippen molar-refractivity contribution in [1.29, 1.82) is 0 Å². The van der Waals surface area contributed by atoms with Crippen LogP contribution in [-0.2, 0) is 41.9 Å². The van der Waals surface area contributed by atoms with Crippen LogP contribution in [0.5, 0.6) is 0 Å². The van der Waals surface area contributed by atoms with Crippen LogP contribution in [0.3, 0.4) is 0 Å². The molecule has 11 nitrogen and oxygen atoms in total. The first kappa shape index (κ1) is 29.1. The molecule has 1 aromatic heterocycles. The second kappa shape index (κ2) is 15.8. The summed E-state index contributed by atoms with van der Waals surface area (Å²) in [6.45, 7) is 11.4. The van der Waals surface area contributed by atoms with E-state index in [2.05, 4.69) is 29.5 Å². The number of sulfone groups is 1. The van der Waals surface area contributed by atoms with Crippen LogP contribution in [0.2, 0.25) is 0 Å². The molecule has 0 spiro atoms. The zero-order chi connectivity index (χ0) is 24.8. The summed E-state index contributed by atoms with van der Waals surface area (Å²) in [4.78, 5) is 1.99. The van der Waals surface area contributed by atoms with Crippen molar-refractivity contribution in [2.24, 2.45) is 0 Å². The maximum atomic E-state index is 11.5. The normalized spacial score (nSPS) is 16.1. The van der Waals surface area contributed by atoms with E-state index < -0.39 is 9.84 Å². The lowest BCUT2D eigenvalue weighted by molar-refractivity contribution is -0.00249. The molecule has 13 heteroatoms. The van der Waals surface area contributed by atoms with Crippen LogP contribution in [0.4, 0.5) is 0 Å². The molecule has 34 heavy (non-hydrogen) atoms. The molecule has 194 valence electrons. The van der Waals surface area contributed by atoms with E-state index in [1.807, 2.05) is 4.90 Å².